The minimum absolute atomic E-state index is 0.0930. The van der Waals surface area contributed by atoms with Gasteiger partial charge in [0.05, 0.1) is 17.1 Å². The Morgan fingerprint density at radius 3 is 2.65 bits per heavy atom. The van der Waals surface area contributed by atoms with Gasteiger partial charge in [0.2, 0.25) is 10.0 Å². The van der Waals surface area contributed by atoms with Crippen LogP contribution in [-0.4, -0.2) is 20.1 Å². The van der Waals surface area contributed by atoms with Gasteiger partial charge in [-0.1, -0.05) is 17.7 Å². The molecule has 0 unspecified atom stereocenters. The quantitative estimate of drug-likeness (QED) is 0.678. The van der Waals surface area contributed by atoms with Crippen molar-refractivity contribution in [3.63, 3.8) is 0 Å². The summed E-state index contributed by atoms with van der Waals surface area (Å²) in [4.78, 5) is 0.583. The van der Waals surface area contributed by atoms with Crippen LogP contribution in [0.5, 0.6) is 0 Å². The fourth-order valence-corrected chi connectivity index (χ4v) is 5.45. The molecule has 3 aromatic rings. The van der Waals surface area contributed by atoms with Crippen molar-refractivity contribution in [3.8, 4) is 0 Å². The van der Waals surface area contributed by atoms with Crippen LogP contribution in [0.3, 0.4) is 0 Å². The molecule has 2 N–H and O–H groups in total. The predicted molar refractivity (Wildman–Crippen MR) is 90.5 cm³/mol. The molecule has 1 atom stereocenters. The number of aliphatic hydroxyl groups is 1. The van der Waals surface area contributed by atoms with Crippen molar-refractivity contribution in [1.82, 2.24) is 4.72 Å². The van der Waals surface area contributed by atoms with Crippen LogP contribution in [0.15, 0.2) is 56.7 Å². The maximum absolute atomic E-state index is 12.3. The van der Waals surface area contributed by atoms with Crippen LogP contribution < -0.4 is 4.72 Å². The number of thiophene rings is 2. The van der Waals surface area contributed by atoms with Crippen LogP contribution in [-0.2, 0) is 15.6 Å². The Hall–Kier alpha value is -1.16. The first-order chi connectivity index (χ1) is 10.9. The van der Waals surface area contributed by atoms with Gasteiger partial charge in [-0.25, -0.2) is 13.1 Å². The summed E-state index contributed by atoms with van der Waals surface area (Å²) >= 11 is 8.05. The van der Waals surface area contributed by atoms with E-state index < -0.39 is 15.6 Å². The summed E-state index contributed by atoms with van der Waals surface area (Å²) < 4.78 is 32.9. The Labute approximate surface area is 146 Å². The molecule has 0 saturated heterocycles. The van der Waals surface area contributed by atoms with Gasteiger partial charge in [0.15, 0.2) is 5.60 Å². The molecule has 122 valence electrons. The lowest BCUT2D eigenvalue weighted by Crippen LogP contribution is -2.40. The molecule has 3 aromatic heterocycles. The van der Waals surface area contributed by atoms with Gasteiger partial charge in [0.1, 0.15) is 9.97 Å². The Balaban J connectivity index is 1.89. The van der Waals surface area contributed by atoms with Crippen molar-refractivity contribution in [2.75, 3.05) is 6.54 Å². The molecule has 3 heterocycles. The molecule has 9 heteroatoms. The predicted octanol–water partition coefficient (Wildman–Crippen LogP) is 3.27. The van der Waals surface area contributed by atoms with E-state index in [0.29, 0.717) is 9.21 Å². The number of sulfonamides is 1. The molecule has 0 fully saturated rings. The number of hydrogen-bond acceptors (Lipinski definition) is 6. The Bertz CT molecular complexity index is 835. The van der Waals surface area contributed by atoms with Crippen LogP contribution >= 0.6 is 34.3 Å². The highest BCUT2D eigenvalue weighted by molar-refractivity contribution is 7.91. The molecule has 23 heavy (non-hydrogen) atoms. The largest absolute Gasteiger partial charge is 0.466 e. The van der Waals surface area contributed by atoms with Gasteiger partial charge < -0.3 is 9.52 Å². The minimum atomic E-state index is -3.77. The molecule has 0 aliphatic heterocycles. The minimum Gasteiger partial charge on any atom is -0.466 e. The standard InChI is InChI=1S/C14H12ClNO4S3/c15-12-5-6-13(22-12)23(18,19)16-9-14(17,10-3-1-7-20-10)11-4-2-8-21-11/h1-8,16-17H,9H2/t14-/m0/s1. The zero-order valence-corrected chi connectivity index (χ0v) is 14.8. The van der Waals surface area contributed by atoms with Crippen LogP contribution in [0.25, 0.3) is 0 Å². The van der Waals surface area contributed by atoms with E-state index in [4.69, 9.17) is 16.0 Å². The Kier molecular flexibility index (Phi) is 4.63. The second-order valence-corrected chi connectivity index (χ2v) is 9.35. The summed E-state index contributed by atoms with van der Waals surface area (Å²) in [6.45, 7) is -0.251. The summed E-state index contributed by atoms with van der Waals surface area (Å²) in [7, 11) is -3.77. The number of rotatable bonds is 6. The fraction of sp³-hybridized carbons (Fsp3) is 0.143. The summed E-state index contributed by atoms with van der Waals surface area (Å²) in [6.07, 6.45) is 1.43. The van der Waals surface area contributed by atoms with Gasteiger partial charge in [0, 0.05) is 4.88 Å². The molecule has 0 radical (unpaired) electrons. The Morgan fingerprint density at radius 2 is 2.09 bits per heavy atom. The topological polar surface area (TPSA) is 79.5 Å². The molecule has 0 aromatic carbocycles. The van der Waals surface area contributed by atoms with Gasteiger partial charge in [-0.3, -0.25) is 0 Å². The average Bonchev–Trinajstić information content (AvgIpc) is 3.25. The normalized spacial score (nSPS) is 14.7. The molecule has 0 saturated carbocycles. The first kappa shape index (κ1) is 16.7. The molecular formula is C14H12ClNO4S3. The van der Waals surface area contributed by atoms with E-state index in [0.717, 1.165) is 11.3 Å². The molecule has 0 amide bonds. The van der Waals surface area contributed by atoms with E-state index in [9.17, 15) is 13.5 Å². The van der Waals surface area contributed by atoms with Crippen LogP contribution in [0.1, 0.15) is 10.6 Å². The van der Waals surface area contributed by atoms with Crippen LogP contribution in [0.2, 0.25) is 4.34 Å². The van der Waals surface area contributed by atoms with Gasteiger partial charge in [-0.2, -0.15) is 0 Å². The number of hydrogen-bond donors (Lipinski definition) is 2. The number of nitrogens with one attached hydrogen (secondary N) is 1. The summed E-state index contributed by atoms with van der Waals surface area (Å²) in [5.41, 5.74) is -1.58. The second-order valence-electron chi connectivity index (χ2n) is 4.70. The van der Waals surface area contributed by atoms with E-state index >= 15 is 0 Å². The summed E-state index contributed by atoms with van der Waals surface area (Å²) in [5.74, 6) is 0.270. The third kappa shape index (κ3) is 3.37. The van der Waals surface area contributed by atoms with Gasteiger partial charge >= 0.3 is 0 Å². The molecule has 0 aliphatic carbocycles. The van der Waals surface area contributed by atoms with Crippen molar-refractivity contribution < 1.29 is 17.9 Å². The van der Waals surface area contributed by atoms with Crippen molar-refractivity contribution in [2.45, 2.75) is 9.81 Å². The highest BCUT2D eigenvalue weighted by atomic mass is 35.5. The maximum Gasteiger partial charge on any atom is 0.250 e. The lowest BCUT2D eigenvalue weighted by atomic mass is 9.99. The van der Waals surface area contributed by atoms with E-state index in [1.807, 2.05) is 0 Å². The first-order valence-corrected chi connectivity index (χ1v) is 10.0. The van der Waals surface area contributed by atoms with Crippen molar-refractivity contribution in [1.29, 1.82) is 0 Å². The monoisotopic (exact) mass is 389 g/mol. The van der Waals surface area contributed by atoms with Crippen molar-refractivity contribution in [2.24, 2.45) is 0 Å². The molecule has 0 spiro atoms. The summed E-state index contributed by atoms with van der Waals surface area (Å²) in [6, 6.07) is 9.69. The molecule has 5 nitrogen and oxygen atoms in total. The van der Waals surface area contributed by atoms with E-state index in [1.165, 1.54) is 29.7 Å². The summed E-state index contributed by atoms with van der Waals surface area (Å²) in [5, 5.41) is 12.8. The zero-order chi connectivity index (χ0) is 16.5. The first-order valence-electron chi connectivity index (χ1n) is 6.47. The van der Waals surface area contributed by atoms with Gasteiger partial charge in [-0.15, -0.1) is 22.7 Å². The van der Waals surface area contributed by atoms with Crippen molar-refractivity contribution >= 4 is 44.3 Å². The fourth-order valence-electron chi connectivity index (χ4n) is 2.04. The van der Waals surface area contributed by atoms with Gasteiger partial charge in [-0.05, 0) is 35.7 Å². The van der Waals surface area contributed by atoms with E-state index in [1.54, 1.807) is 29.6 Å². The van der Waals surface area contributed by atoms with E-state index in [-0.39, 0.29) is 16.5 Å². The molecule has 0 bridgehead atoms. The maximum atomic E-state index is 12.3. The SMILES string of the molecule is O=S(=O)(NC[C@](O)(c1ccco1)c1cccs1)c1ccc(Cl)s1. The third-order valence-corrected chi connectivity index (χ3v) is 7.33. The second kappa shape index (κ2) is 6.39. The molecule has 3 rings (SSSR count). The smallest absolute Gasteiger partial charge is 0.250 e. The lowest BCUT2D eigenvalue weighted by Gasteiger charge is -2.25. The number of halogens is 1. The zero-order valence-electron chi connectivity index (χ0n) is 11.6. The highest BCUT2D eigenvalue weighted by Crippen LogP contribution is 2.33. The van der Waals surface area contributed by atoms with Crippen molar-refractivity contribution in [3.05, 3.63) is 63.0 Å². The lowest BCUT2D eigenvalue weighted by molar-refractivity contribution is 0.0655. The van der Waals surface area contributed by atoms with Gasteiger partial charge in [0.25, 0.3) is 0 Å². The average molecular weight is 390 g/mol. The van der Waals surface area contributed by atoms with Crippen LogP contribution in [0, 0.1) is 0 Å². The number of furan rings is 1. The highest BCUT2D eigenvalue weighted by Gasteiger charge is 2.37. The van der Waals surface area contributed by atoms with E-state index in [2.05, 4.69) is 4.72 Å². The van der Waals surface area contributed by atoms with Crippen LogP contribution in [0.4, 0.5) is 0 Å². The molecule has 0 aliphatic rings. The molecular weight excluding hydrogens is 378 g/mol. The third-order valence-electron chi connectivity index (χ3n) is 3.19. The Morgan fingerprint density at radius 1 is 1.26 bits per heavy atom.